The molecule has 1 aromatic rings. The second-order valence-electron chi connectivity index (χ2n) is 5.48. The van der Waals surface area contributed by atoms with Crippen LogP contribution in [0.25, 0.3) is 0 Å². The normalized spacial score (nSPS) is 21.4. The van der Waals surface area contributed by atoms with E-state index in [1.165, 1.54) is 24.1 Å². The van der Waals surface area contributed by atoms with Crippen LogP contribution in [-0.4, -0.2) is 28.5 Å². The molecule has 2 rings (SSSR count). The van der Waals surface area contributed by atoms with E-state index in [0.29, 0.717) is 6.10 Å². The molecule has 0 aliphatic carbocycles. The van der Waals surface area contributed by atoms with E-state index in [-0.39, 0.29) is 6.04 Å². The Labute approximate surface area is 110 Å². The minimum absolute atomic E-state index is 0.193. The molecule has 2 atom stereocenters. The van der Waals surface area contributed by atoms with Crippen LogP contribution < -0.4 is 5.73 Å². The molecule has 1 saturated heterocycles. The summed E-state index contributed by atoms with van der Waals surface area (Å²) >= 11 is 0. The zero-order chi connectivity index (χ0) is 13.1. The predicted molar refractivity (Wildman–Crippen MR) is 72.6 cm³/mol. The Bertz CT molecular complexity index is 392. The topological polar surface area (TPSA) is 53.1 Å². The van der Waals surface area contributed by atoms with Gasteiger partial charge in [-0.15, -0.1) is 0 Å². The molecule has 0 bridgehead atoms. The number of aromatic nitrogens is 2. The van der Waals surface area contributed by atoms with Gasteiger partial charge in [-0.3, -0.25) is 4.68 Å². The highest BCUT2D eigenvalue weighted by Gasteiger charge is 2.17. The molecule has 1 aliphatic heterocycles. The summed E-state index contributed by atoms with van der Waals surface area (Å²) in [6.45, 7) is 8.15. The Morgan fingerprint density at radius 3 is 2.89 bits per heavy atom. The van der Waals surface area contributed by atoms with Gasteiger partial charge in [-0.2, -0.15) is 5.10 Å². The van der Waals surface area contributed by atoms with Crippen molar-refractivity contribution in [3.05, 3.63) is 17.0 Å². The lowest BCUT2D eigenvalue weighted by molar-refractivity contribution is 0.0992. The van der Waals surface area contributed by atoms with E-state index in [0.717, 1.165) is 31.7 Å². The second-order valence-corrected chi connectivity index (χ2v) is 5.48. The highest BCUT2D eigenvalue weighted by Crippen LogP contribution is 2.19. The van der Waals surface area contributed by atoms with Crippen molar-refractivity contribution in [2.75, 3.05) is 6.61 Å². The lowest BCUT2D eigenvalue weighted by atomic mass is 10.1. The van der Waals surface area contributed by atoms with Crippen molar-refractivity contribution in [2.24, 2.45) is 5.73 Å². The highest BCUT2D eigenvalue weighted by atomic mass is 16.5. The fourth-order valence-electron chi connectivity index (χ4n) is 2.71. The molecule has 0 aromatic carbocycles. The molecule has 2 heterocycles. The van der Waals surface area contributed by atoms with Crippen molar-refractivity contribution in [2.45, 2.75) is 65.1 Å². The Balaban J connectivity index is 1.99. The van der Waals surface area contributed by atoms with Gasteiger partial charge in [0.25, 0.3) is 0 Å². The molecule has 2 unspecified atom stereocenters. The van der Waals surface area contributed by atoms with Crippen molar-refractivity contribution < 1.29 is 4.74 Å². The maximum absolute atomic E-state index is 5.89. The van der Waals surface area contributed by atoms with E-state index in [9.17, 15) is 0 Å². The number of ether oxygens (including phenoxy) is 1. The molecule has 0 amide bonds. The van der Waals surface area contributed by atoms with Crippen LogP contribution >= 0.6 is 0 Å². The van der Waals surface area contributed by atoms with E-state index in [2.05, 4.69) is 23.6 Å². The molecule has 18 heavy (non-hydrogen) atoms. The monoisotopic (exact) mass is 251 g/mol. The average molecular weight is 251 g/mol. The number of hydrogen-bond donors (Lipinski definition) is 1. The van der Waals surface area contributed by atoms with Crippen molar-refractivity contribution in [3.8, 4) is 0 Å². The lowest BCUT2D eigenvalue weighted by Gasteiger charge is -2.11. The maximum atomic E-state index is 5.89. The van der Waals surface area contributed by atoms with Crippen LogP contribution in [0.5, 0.6) is 0 Å². The third-order valence-electron chi connectivity index (χ3n) is 3.74. The van der Waals surface area contributed by atoms with Gasteiger partial charge in [0.05, 0.1) is 11.8 Å². The summed E-state index contributed by atoms with van der Waals surface area (Å²) < 4.78 is 7.77. The van der Waals surface area contributed by atoms with Gasteiger partial charge in [0.2, 0.25) is 0 Å². The third kappa shape index (κ3) is 3.12. The first-order chi connectivity index (χ1) is 8.58. The average Bonchev–Trinajstić information content (AvgIpc) is 2.90. The Kier molecular flexibility index (Phi) is 4.40. The molecule has 102 valence electrons. The van der Waals surface area contributed by atoms with Gasteiger partial charge in [0, 0.05) is 24.9 Å². The van der Waals surface area contributed by atoms with Gasteiger partial charge in [-0.05, 0) is 52.0 Å². The summed E-state index contributed by atoms with van der Waals surface area (Å²) in [4.78, 5) is 0. The zero-order valence-corrected chi connectivity index (χ0v) is 11.8. The molecular formula is C14H25N3O. The molecule has 4 nitrogen and oxygen atoms in total. The SMILES string of the molecule is Cc1nn(CCC2CCCO2)c(C)c1CC(C)N. The molecule has 0 spiro atoms. The molecular weight excluding hydrogens is 226 g/mol. The number of aryl methyl sites for hydroxylation is 2. The predicted octanol–water partition coefficient (Wildman–Crippen LogP) is 1.96. The second kappa shape index (κ2) is 5.85. The minimum atomic E-state index is 0.193. The lowest BCUT2D eigenvalue weighted by Crippen LogP contribution is -2.18. The first-order valence-electron chi connectivity index (χ1n) is 6.98. The maximum Gasteiger partial charge on any atom is 0.0629 e. The summed E-state index contributed by atoms with van der Waals surface area (Å²) in [5.41, 5.74) is 9.59. The number of hydrogen-bond acceptors (Lipinski definition) is 3. The molecule has 2 N–H and O–H groups in total. The summed E-state index contributed by atoms with van der Waals surface area (Å²) in [6.07, 6.45) is 4.83. The van der Waals surface area contributed by atoms with E-state index in [1.807, 2.05) is 6.92 Å². The summed E-state index contributed by atoms with van der Waals surface area (Å²) in [7, 11) is 0. The highest BCUT2D eigenvalue weighted by molar-refractivity contribution is 5.25. The largest absolute Gasteiger partial charge is 0.378 e. The van der Waals surface area contributed by atoms with Gasteiger partial charge in [-0.25, -0.2) is 0 Å². The Hall–Kier alpha value is -0.870. The van der Waals surface area contributed by atoms with Crippen LogP contribution in [0.4, 0.5) is 0 Å². The summed E-state index contributed by atoms with van der Waals surface area (Å²) in [5, 5.41) is 4.63. The summed E-state index contributed by atoms with van der Waals surface area (Å²) in [5.74, 6) is 0. The summed E-state index contributed by atoms with van der Waals surface area (Å²) in [6, 6.07) is 0.193. The fraction of sp³-hybridized carbons (Fsp3) is 0.786. The van der Waals surface area contributed by atoms with Gasteiger partial charge >= 0.3 is 0 Å². The molecule has 1 aromatic heterocycles. The van der Waals surface area contributed by atoms with Gasteiger partial charge in [0.15, 0.2) is 0 Å². The smallest absolute Gasteiger partial charge is 0.0629 e. The van der Waals surface area contributed by atoms with Crippen LogP contribution in [0, 0.1) is 13.8 Å². The number of rotatable bonds is 5. The first-order valence-corrected chi connectivity index (χ1v) is 6.98. The van der Waals surface area contributed by atoms with Crippen LogP contribution in [-0.2, 0) is 17.7 Å². The third-order valence-corrected chi connectivity index (χ3v) is 3.74. The van der Waals surface area contributed by atoms with Crippen LogP contribution in [0.15, 0.2) is 0 Å². The van der Waals surface area contributed by atoms with E-state index < -0.39 is 0 Å². The van der Waals surface area contributed by atoms with E-state index in [4.69, 9.17) is 10.5 Å². The number of nitrogens with zero attached hydrogens (tertiary/aromatic N) is 2. The quantitative estimate of drug-likeness (QED) is 0.870. The van der Waals surface area contributed by atoms with Gasteiger partial charge in [0.1, 0.15) is 0 Å². The van der Waals surface area contributed by atoms with Crippen molar-refractivity contribution in [1.29, 1.82) is 0 Å². The standard InChI is InChI=1S/C14H25N3O/c1-10(15)9-14-11(2)16-17(12(14)3)7-6-13-5-4-8-18-13/h10,13H,4-9,15H2,1-3H3. The minimum Gasteiger partial charge on any atom is -0.378 e. The molecule has 1 aliphatic rings. The van der Waals surface area contributed by atoms with E-state index in [1.54, 1.807) is 0 Å². The Morgan fingerprint density at radius 1 is 1.50 bits per heavy atom. The molecule has 0 radical (unpaired) electrons. The van der Waals surface area contributed by atoms with Crippen molar-refractivity contribution >= 4 is 0 Å². The molecule has 4 heteroatoms. The van der Waals surface area contributed by atoms with E-state index >= 15 is 0 Å². The molecule has 0 saturated carbocycles. The van der Waals surface area contributed by atoms with Crippen molar-refractivity contribution in [3.63, 3.8) is 0 Å². The van der Waals surface area contributed by atoms with Crippen molar-refractivity contribution in [1.82, 2.24) is 9.78 Å². The van der Waals surface area contributed by atoms with Gasteiger partial charge in [-0.1, -0.05) is 0 Å². The first kappa shape index (κ1) is 13.6. The van der Waals surface area contributed by atoms with Gasteiger partial charge < -0.3 is 10.5 Å². The van der Waals surface area contributed by atoms with Crippen LogP contribution in [0.2, 0.25) is 0 Å². The molecule has 1 fully saturated rings. The fourth-order valence-corrected chi connectivity index (χ4v) is 2.71. The Morgan fingerprint density at radius 2 is 2.28 bits per heavy atom. The zero-order valence-electron chi connectivity index (χ0n) is 11.8. The number of nitrogens with two attached hydrogens (primary N) is 1. The van der Waals surface area contributed by atoms with Crippen LogP contribution in [0.3, 0.4) is 0 Å². The van der Waals surface area contributed by atoms with Crippen LogP contribution in [0.1, 0.15) is 43.1 Å².